The molecule has 0 N–H and O–H groups in total. The SMILES string of the molecule is COc1ccc(CCCN(C)C(=O)c2ccc3nccnc3c2)cc1OC. The van der Waals surface area contributed by atoms with Crippen molar-refractivity contribution >= 4 is 16.9 Å². The van der Waals surface area contributed by atoms with E-state index >= 15 is 0 Å². The zero-order chi connectivity index (χ0) is 19.2. The highest BCUT2D eigenvalue weighted by Crippen LogP contribution is 2.28. The summed E-state index contributed by atoms with van der Waals surface area (Å²) in [5, 5.41) is 0. The second-order valence-electron chi connectivity index (χ2n) is 6.28. The second-order valence-corrected chi connectivity index (χ2v) is 6.28. The molecule has 1 heterocycles. The molecular formula is C21H23N3O3. The number of nitrogens with zero attached hydrogens (tertiary/aromatic N) is 3. The van der Waals surface area contributed by atoms with Gasteiger partial charge in [0, 0.05) is 31.5 Å². The highest BCUT2D eigenvalue weighted by molar-refractivity contribution is 5.97. The van der Waals surface area contributed by atoms with Gasteiger partial charge in [0.25, 0.3) is 5.91 Å². The Labute approximate surface area is 158 Å². The van der Waals surface area contributed by atoms with Gasteiger partial charge >= 0.3 is 0 Å². The van der Waals surface area contributed by atoms with Crippen molar-refractivity contribution in [2.45, 2.75) is 12.8 Å². The number of hydrogen-bond acceptors (Lipinski definition) is 5. The molecule has 140 valence electrons. The maximum atomic E-state index is 12.7. The van der Waals surface area contributed by atoms with Crippen LogP contribution in [-0.2, 0) is 6.42 Å². The lowest BCUT2D eigenvalue weighted by Crippen LogP contribution is -2.28. The maximum Gasteiger partial charge on any atom is 0.253 e. The molecule has 6 heteroatoms. The van der Waals surface area contributed by atoms with Crippen LogP contribution >= 0.6 is 0 Å². The number of methoxy groups -OCH3 is 2. The Morgan fingerprint density at radius 2 is 1.70 bits per heavy atom. The van der Waals surface area contributed by atoms with Crippen molar-refractivity contribution in [3.63, 3.8) is 0 Å². The van der Waals surface area contributed by atoms with Gasteiger partial charge in [-0.25, -0.2) is 0 Å². The first-order valence-corrected chi connectivity index (χ1v) is 8.79. The molecule has 0 aliphatic heterocycles. The first-order valence-electron chi connectivity index (χ1n) is 8.79. The lowest BCUT2D eigenvalue weighted by Gasteiger charge is -2.17. The lowest BCUT2D eigenvalue weighted by atomic mass is 10.1. The van der Waals surface area contributed by atoms with Crippen LogP contribution in [-0.4, -0.2) is 48.6 Å². The van der Waals surface area contributed by atoms with Crippen molar-refractivity contribution in [1.29, 1.82) is 0 Å². The van der Waals surface area contributed by atoms with Crippen LogP contribution in [0.1, 0.15) is 22.3 Å². The molecule has 0 bridgehead atoms. The Kier molecular flexibility index (Phi) is 5.86. The van der Waals surface area contributed by atoms with Crippen LogP contribution in [0.4, 0.5) is 0 Å². The Morgan fingerprint density at radius 3 is 2.44 bits per heavy atom. The van der Waals surface area contributed by atoms with Gasteiger partial charge in [-0.2, -0.15) is 0 Å². The summed E-state index contributed by atoms with van der Waals surface area (Å²) < 4.78 is 10.6. The molecule has 3 aromatic rings. The van der Waals surface area contributed by atoms with E-state index in [0.29, 0.717) is 17.9 Å². The summed E-state index contributed by atoms with van der Waals surface area (Å²) in [7, 11) is 5.07. The largest absolute Gasteiger partial charge is 0.493 e. The molecule has 0 spiro atoms. The summed E-state index contributed by atoms with van der Waals surface area (Å²) in [6, 6.07) is 11.3. The molecule has 3 rings (SSSR count). The average Bonchev–Trinajstić information content (AvgIpc) is 2.72. The first-order chi connectivity index (χ1) is 13.1. The molecule has 0 aliphatic carbocycles. The number of rotatable bonds is 7. The number of carbonyl (C=O) groups excluding carboxylic acids is 1. The smallest absolute Gasteiger partial charge is 0.253 e. The van der Waals surface area contributed by atoms with Crippen LogP contribution in [0.2, 0.25) is 0 Å². The van der Waals surface area contributed by atoms with E-state index in [0.717, 1.165) is 35.2 Å². The molecule has 0 radical (unpaired) electrons. The van der Waals surface area contributed by atoms with E-state index in [1.54, 1.807) is 43.6 Å². The first kappa shape index (κ1) is 18.6. The predicted octanol–water partition coefficient (Wildman–Crippen LogP) is 3.35. The van der Waals surface area contributed by atoms with Gasteiger partial charge < -0.3 is 14.4 Å². The molecule has 1 amide bonds. The van der Waals surface area contributed by atoms with Crippen LogP contribution in [0.25, 0.3) is 11.0 Å². The van der Waals surface area contributed by atoms with Crippen molar-refractivity contribution < 1.29 is 14.3 Å². The summed E-state index contributed by atoms with van der Waals surface area (Å²) >= 11 is 0. The van der Waals surface area contributed by atoms with Crippen LogP contribution < -0.4 is 9.47 Å². The molecule has 0 fully saturated rings. The van der Waals surface area contributed by atoms with Crippen LogP contribution in [0.15, 0.2) is 48.8 Å². The number of aromatic nitrogens is 2. The monoisotopic (exact) mass is 365 g/mol. The van der Waals surface area contributed by atoms with Crippen LogP contribution in [0.3, 0.4) is 0 Å². The zero-order valence-electron chi connectivity index (χ0n) is 15.8. The summed E-state index contributed by atoms with van der Waals surface area (Å²) in [5.41, 5.74) is 3.28. The van der Waals surface area contributed by atoms with Crippen molar-refractivity contribution in [2.75, 3.05) is 27.8 Å². The molecular weight excluding hydrogens is 342 g/mol. The molecule has 0 saturated carbocycles. The van der Waals surface area contributed by atoms with Crippen LogP contribution in [0, 0.1) is 0 Å². The molecule has 0 aliphatic rings. The third-order valence-electron chi connectivity index (χ3n) is 4.47. The molecule has 0 saturated heterocycles. The van der Waals surface area contributed by atoms with Crippen molar-refractivity contribution in [3.05, 3.63) is 59.9 Å². The molecule has 0 atom stereocenters. The lowest BCUT2D eigenvalue weighted by molar-refractivity contribution is 0.0793. The van der Waals surface area contributed by atoms with Gasteiger partial charge in [-0.05, 0) is 48.7 Å². The topological polar surface area (TPSA) is 64.5 Å². The zero-order valence-corrected chi connectivity index (χ0v) is 15.8. The summed E-state index contributed by atoms with van der Waals surface area (Å²) in [4.78, 5) is 22.9. The third-order valence-corrected chi connectivity index (χ3v) is 4.47. The molecule has 27 heavy (non-hydrogen) atoms. The number of amides is 1. The minimum atomic E-state index is -0.0186. The van der Waals surface area contributed by atoms with Crippen molar-refractivity contribution in [3.8, 4) is 11.5 Å². The van der Waals surface area contributed by atoms with Gasteiger partial charge in [0.1, 0.15) is 0 Å². The van der Waals surface area contributed by atoms with Gasteiger partial charge in [-0.15, -0.1) is 0 Å². The van der Waals surface area contributed by atoms with E-state index in [9.17, 15) is 4.79 Å². The number of ether oxygens (including phenoxy) is 2. The van der Waals surface area contributed by atoms with Gasteiger partial charge in [-0.1, -0.05) is 6.07 Å². The fourth-order valence-electron chi connectivity index (χ4n) is 2.97. The average molecular weight is 365 g/mol. The second kappa shape index (κ2) is 8.49. The Morgan fingerprint density at radius 1 is 0.963 bits per heavy atom. The Hall–Kier alpha value is -3.15. The van der Waals surface area contributed by atoms with Crippen molar-refractivity contribution in [2.24, 2.45) is 0 Å². The normalized spacial score (nSPS) is 10.6. The number of aryl methyl sites for hydroxylation is 1. The number of fused-ring (bicyclic) bond motifs is 1. The van der Waals surface area contributed by atoms with E-state index in [4.69, 9.17) is 9.47 Å². The van der Waals surface area contributed by atoms with Crippen molar-refractivity contribution in [1.82, 2.24) is 14.9 Å². The summed E-state index contributed by atoms with van der Waals surface area (Å²) in [6.45, 7) is 0.658. The Balaban J connectivity index is 1.59. The minimum absolute atomic E-state index is 0.0186. The van der Waals surface area contributed by atoms with E-state index in [1.165, 1.54) is 0 Å². The van der Waals surface area contributed by atoms with Gasteiger partial charge in [0.05, 0.1) is 25.3 Å². The minimum Gasteiger partial charge on any atom is -0.493 e. The number of benzene rings is 2. The van der Waals surface area contributed by atoms with Gasteiger partial charge in [0.15, 0.2) is 11.5 Å². The summed E-state index contributed by atoms with van der Waals surface area (Å²) in [5.74, 6) is 1.42. The van der Waals surface area contributed by atoms with Gasteiger partial charge in [0.2, 0.25) is 0 Å². The molecule has 6 nitrogen and oxygen atoms in total. The molecule has 2 aromatic carbocycles. The maximum absolute atomic E-state index is 12.7. The highest BCUT2D eigenvalue weighted by Gasteiger charge is 2.13. The summed E-state index contributed by atoms with van der Waals surface area (Å²) in [6.07, 6.45) is 4.97. The highest BCUT2D eigenvalue weighted by atomic mass is 16.5. The van der Waals surface area contributed by atoms with E-state index in [2.05, 4.69) is 9.97 Å². The predicted molar refractivity (Wildman–Crippen MR) is 104 cm³/mol. The number of hydrogen-bond donors (Lipinski definition) is 0. The van der Waals surface area contributed by atoms with E-state index < -0.39 is 0 Å². The quantitative estimate of drug-likeness (QED) is 0.642. The van der Waals surface area contributed by atoms with Crippen LogP contribution in [0.5, 0.6) is 11.5 Å². The molecule has 0 unspecified atom stereocenters. The van der Waals surface area contributed by atoms with E-state index in [1.807, 2.05) is 31.3 Å². The van der Waals surface area contributed by atoms with E-state index in [-0.39, 0.29) is 5.91 Å². The Bertz CT molecular complexity index is 943. The fourth-order valence-corrected chi connectivity index (χ4v) is 2.97. The fraction of sp³-hybridized carbons (Fsp3) is 0.286. The van der Waals surface area contributed by atoms with Gasteiger partial charge in [-0.3, -0.25) is 14.8 Å². The standard InChI is InChI=1S/C21H23N3O3/c1-24(12-4-5-15-6-9-19(26-2)20(13-15)27-3)21(25)16-7-8-17-18(14-16)23-11-10-22-17/h6-11,13-14H,4-5,12H2,1-3H3. The third kappa shape index (κ3) is 4.34. The number of carbonyl (C=O) groups is 1. The molecule has 1 aromatic heterocycles.